The van der Waals surface area contributed by atoms with E-state index in [0.717, 1.165) is 0 Å². The number of allylic oxidation sites excluding steroid dienone is 1. The minimum absolute atomic E-state index is 0.128. The molecule has 3 aromatic carbocycles. The first-order valence-corrected chi connectivity index (χ1v) is 8.15. The van der Waals surface area contributed by atoms with E-state index in [1.165, 1.54) is 24.3 Å². The Morgan fingerprint density at radius 2 is 1.67 bits per heavy atom. The lowest BCUT2D eigenvalue weighted by Gasteiger charge is -2.33. The van der Waals surface area contributed by atoms with Crippen LogP contribution in [0.2, 0.25) is 0 Å². The summed E-state index contributed by atoms with van der Waals surface area (Å²) in [5.41, 5.74) is 1.07. The van der Waals surface area contributed by atoms with Crippen molar-refractivity contribution in [3.63, 3.8) is 0 Å². The minimum atomic E-state index is -2.56. The van der Waals surface area contributed by atoms with Crippen molar-refractivity contribution in [3.8, 4) is 17.2 Å². The Hall–Kier alpha value is -3.58. The largest absolute Gasteiger partial charge is 0.507 e. The molecule has 0 saturated carbocycles. The zero-order valence-corrected chi connectivity index (χ0v) is 13.7. The molecule has 0 bridgehead atoms. The molecule has 3 aromatic rings. The normalized spacial score (nSPS) is 20.1. The highest BCUT2D eigenvalue weighted by molar-refractivity contribution is 6.27. The van der Waals surface area contributed by atoms with Crippen molar-refractivity contribution in [2.24, 2.45) is 0 Å². The average Bonchev–Trinajstić information content (AvgIpc) is 2.63. The van der Waals surface area contributed by atoms with Crippen LogP contribution in [0.4, 0.5) is 0 Å². The van der Waals surface area contributed by atoms with Crippen LogP contribution in [-0.2, 0) is 11.2 Å². The Labute approximate surface area is 151 Å². The first kappa shape index (κ1) is 15.7. The van der Waals surface area contributed by atoms with Crippen molar-refractivity contribution in [3.05, 3.63) is 47.0 Å². The number of ether oxygens (including phenoxy) is 1. The first-order chi connectivity index (χ1) is 12.8. The van der Waals surface area contributed by atoms with Crippen molar-refractivity contribution < 1.29 is 34.8 Å². The summed E-state index contributed by atoms with van der Waals surface area (Å²) in [5.74, 6) is -5.12. The molecule has 27 heavy (non-hydrogen) atoms. The highest BCUT2D eigenvalue weighted by Crippen LogP contribution is 2.50. The van der Waals surface area contributed by atoms with Gasteiger partial charge in [-0.2, -0.15) is 0 Å². The molecular weight excluding hydrogens is 352 g/mol. The molecule has 0 saturated heterocycles. The second kappa shape index (κ2) is 4.77. The maximum absolute atomic E-state index is 12.3. The highest BCUT2D eigenvalue weighted by atomic mass is 16.7. The van der Waals surface area contributed by atoms with E-state index in [9.17, 15) is 30.0 Å². The summed E-state index contributed by atoms with van der Waals surface area (Å²) in [5, 5.41) is 42.6. The third-order valence-corrected chi connectivity index (χ3v) is 5.18. The molecule has 134 valence electrons. The third kappa shape index (κ3) is 1.83. The molecule has 1 atom stereocenters. The number of fused-ring (bicyclic) bond motifs is 2. The van der Waals surface area contributed by atoms with Gasteiger partial charge < -0.3 is 25.2 Å². The maximum Gasteiger partial charge on any atom is 0.377 e. The number of carbonyl (C=O) groups excluding carboxylic acids is 1. The van der Waals surface area contributed by atoms with Crippen LogP contribution in [0, 0.1) is 0 Å². The van der Waals surface area contributed by atoms with Gasteiger partial charge in [-0.3, -0.25) is 4.79 Å². The second-order valence-corrected chi connectivity index (χ2v) is 6.68. The molecule has 0 amide bonds. The van der Waals surface area contributed by atoms with Crippen molar-refractivity contribution in [1.29, 1.82) is 0 Å². The van der Waals surface area contributed by atoms with Gasteiger partial charge in [-0.1, -0.05) is 12.1 Å². The summed E-state index contributed by atoms with van der Waals surface area (Å²) >= 11 is 0. The number of hydrogen-bond donors (Lipinski definition) is 4. The zero-order chi connectivity index (χ0) is 19.1. The lowest BCUT2D eigenvalue weighted by atomic mass is 9.81. The van der Waals surface area contributed by atoms with Gasteiger partial charge in [-0.05, 0) is 46.2 Å². The number of carboxylic acids is 1. The van der Waals surface area contributed by atoms with Gasteiger partial charge in [0.15, 0.2) is 17.3 Å². The quantitative estimate of drug-likeness (QED) is 0.489. The fourth-order valence-electron chi connectivity index (χ4n) is 4.00. The number of carboxylic acid groups (broad SMARTS) is 1. The van der Waals surface area contributed by atoms with Gasteiger partial charge in [0.1, 0.15) is 5.75 Å². The number of rotatable bonds is 1. The smallest absolute Gasteiger partial charge is 0.377 e. The van der Waals surface area contributed by atoms with E-state index in [2.05, 4.69) is 0 Å². The summed E-state index contributed by atoms with van der Waals surface area (Å²) in [7, 11) is 0. The highest BCUT2D eigenvalue weighted by Gasteiger charge is 2.45. The van der Waals surface area contributed by atoms with Crippen LogP contribution in [0.1, 0.15) is 21.5 Å². The Morgan fingerprint density at radius 1 is 1.00 bits per heavy atom. The number of benzene rings is 3. The van der Waals surface area contributed by atoms with Gasteiger partial charge in [0.05, 0.1) is 12.0 Å². The van der Waals surface area contributed by atoms with Crippen LogP contribution in [-0.4, -0.2) is 38.0 Å². The Morgan fingerprint density at radius 3 is 2.37 bits per heavy atom. The summed E-state index contributed by atoms with van der Waals surface area (Å²) in [6, 6.07) is 6.05. The predicted molar refractivity (Wildman–Crippen MR) is 95.1 cm³/mol. The third-order valence-electron chi connectivity index (χ3n) is 5.18. The lowest BCUT2D eigenvalue weighted by molar-refractivity contribution is -0.194. The molecule has 0 radical (unpaired) electrons. The second-order valence-electron chi connectivity index (χ2n) is 6.68. The SMILES string of the molecule is O=C1C=Cc2c3c4c(c(O)ccc4c4ccc(O)c1c24)O[C@](O)(C(=O)O)C3. The van der Waals surface area contributed by atoms with E-state index in [-0.39, 0.29) is 35.0 Å². The van der Waals surface area contributed by atoms with Crippen LogP contribution in [0.15, 0.2) is 30.3 Å². The van der Waals surface area contributed by atoms with Gasteiger partial charge in [-0.15, -0.1) is 0 Å². The number of aliphatic hydroxyl groups is 1. The average molecular weight is 364 g/mol. The van der Waals surface area contributed by atoms with E-state index in [4.69, 9.17) is 4.74 Å². The van der Waals surface area contributed by atoms with Gasteiger partial charge in [0.2, 0.25) is 0 Å². The van der Waals surface area contributed by atoms with Crippen LogP contribution in [0.25, 0.3) is 27.6 Å². The molecule has 1 aliphatic carbocycles. The summed E-state index contributed by atoms with van der Waals surface area (Å²) in [6.07, 6.45) is 2.44. The summed E-state index contributed by atoms with van der Waals surface area (Å²) < 4.78 is 5.29. The molecule has 5 rings (SSSR count). The monoisotopic (exact) mass is 364 g/mol. The Balaban J connectivity index is 2.05. The molecule has 2 aliphatic rings. The fraction of sp³-hybridized carbons (Fsp3) is 0.100. The Bertz CT molecular complexity index is 1250. The molecule has 4 N–H and O–H groups in total. The number of aliphatic carboxylic acids is 1. The van der Waals surface area contributed by atoms with E-state index in [0.29, 0.717) is 32.7 Å². The minimum Gasteiger partial charge on any atom is -0.507 e. The molecule has 0 fully saturated rings. The molecule has 7 nitrogen and oxygen atoms in total. The van der Waals surface area contributed by atoms with Crippen molar-refractivity contribution in [2.45, 2.75) is 12.2 Å². The van der Waals surface area contributed by atoms with Gasteiger partial charge in [0, 0.05) is 10.8 Å². The molecular formula is C20H12O7. The summed E-state index contributed by atoms with van der Waals surface area (Å²) in [6.45, 7) is 0. The van der Waals surface area contributed by atoms with E-state index < -0.39 is 11.8 Å². The van der Waals surface area contributed by atoms with Crippen LogP contribution in [0.3, 0.4) is 0 Å². The van der Waals surface area contributed by atoms with Crippen LogP contribution in [0.5, 0.6) is 17.2 Å². The van der Waals surface area contributed by atoms with Gasteiger partial charge in [0.25, 0.3) is 0 Å². The number of carbonyl (C=O) groups is 2. The number of hydrogen-bond acceptors (Lipinski definition) is 6. The molecule has 7 heteroatoms. The standard InChI is InChI=1S/C20H12O7/c21-12-4-1-8-9-3-6-14(23)18-16(9)11(7-20(26,27-18)19(24)25)10-2-5-13(22)17(12)15(8)10/h1-6,21,23,26H,7H2,(H,24,25)/t20-/m0/s1. The van der Waals surface area contributed by atoms with E-state index in [1.54, 1.807) is 12.1 Å². The lowest BCUT2D eigenvalue weighted by Crippen LogP contribution is -2.48. The fourth-order valence-corrected chi connectivity index (χ4v) is 4.00. The maximum atomic E-state index is 12.3. The van der Waals surface area contributed by atoms with Crippen LogP contribution < -0.4 is 4.74 Å². The molecule has 0 unspecified atom stereocenters. The Kier molecular flexibility index (Phi) is 2.77. The number of phenolic OH excluding ortho intramolecular Hbond substituents is 2. The van der Waals surface area contributed by atoms with E-state index in [1.807, 2.05) is 0 Å². The first-order valence-electron chi connectivity index (χ1n) is 8.15. The topological polar surface area (TPSA) is 124 Å². The predicted octanol–water partition coefficient (Wildman–Crippen LogP) is 2.32. The molecule has 0 aromatic heterocycles. The number of phenols is 2. The zero-order valence-electron chi connectivity index (χ0n) is 13.7. The van der Waals surface area contributed by atoms with Crippen LogP contribution >= 0.6 is 0 Å². The van der Waals surface area contributed by atoms with Gasteiger partial charge in [-0.25, -0.2) is 4.79 Å². The van der Waals surface area contributed by atoms with Gasteiger partial charge >= 0.3 is 11.8 Å². The number of ketones is 1. The molecule has 1 heterocycles. The number of aromatic hydroxyl groups is 2. The molecule has 1 aliphatic heterocycles. The van der Waals surface area contributed by atoms with Crippen molar-refractivity contribution >= 4 is 39.4 Å². The van der Waals surface area contributed by atoms with E-state index >= 15 is 0 Å². The molecule has 0 spiro atoms. The summed E-state index contributed by atoms with van der Waals surface area (Å²) in [4.78, 5) is 23.9. The van der Waals surface area contributed by atoms with Crippen molar-refractivity contribution in [1.82, 2.24) is 0 Å². The van der Waals surface area contributed by atoms with Crippen molar-refractivity contribution in [2.75, 3.05) is 0 Å².